The van der Waals surface area contributed by atoms with Crippen molar-refractivity contribution in [3.05, 3.63) is 53.7 Å². The molecule has 0 bridgehead atoms. The zero-order valence-corrected chi connectivity index (χ0v) is 13.8. The minimum absolute atomic E-state index is 0.0869. The van der Waals surface area contributed by atoms with Crippen LogP contribution in [0.4, 0.5) is 0 Å². The fourth-order valence-corrected chi connectivity index (χ4v) is 2.91. The van der Waals surface area contributed by atoms with Gasteiger partial charge in [0.2, 0.25) is 5.88 Å². The number of carbonyl (C=O) groups excluding carboxylic acids is 1. The Kier molecular flexibility index (Phi) is 4.99. The maximum absolute atomic E-state index is 11.4. The Morgan fingerprint density at radius 3 is 2.80 bits per heavy atom. The number of nitrogens with one attached hydrogen (secondary N) is 1. The third-order valence-corrected chi connectivity index (χ3v) is 4.26. The van der Waals surface area contributed by atoms with Gasteiger partial charge in [-0.15, -0.1) is 11.3 Å². The van der Waals surface area contributed by atoms with Crippen molar-refractivity contribution in [1.29, 1.82) is 5.26 Å². The van der Waals surface area contributed by atoms with Crippen LogP contribution in [0.5, 0.6) is 5.88 Å². The van der Waals surface area contributed by atoms with Crippen LogP contribution in [0.15, 0.2) is 48.1 Å². The monoisotopic (exact) mass is 351 g/mol. The predicted octanol–water partition coefficient (Wildman–Crippen LogP) is 2.11. The van der Waals surface area contributed by atoms with E-state index in [4.69, 9.17) is 10.6 Å². The molecular formula is C17H13N5O2S. The second-order valence-corrected chi connectivity index (χ2v) is 5.86. The number of nitriles is 1. The lowest BCUT2D eigenvalue weighted by atomic mass is 10.0. The summed E-state index contributed by atoms with van der Waals surface area (Å²) in [5.41, 5.74) is 4.35. The van der Waals surface area contributed by atoms with Gasteiger partial charge in [0.15, 0.2) is 6.61 Å². The fraction of sp³-hybridized carbons (Fsp3) is 0.0588. The molecule has 3 aromatic heterocycles. The number of carbonyl (C=O) groups is 1. The molecule has 124 valence electrons. The van der Waals surface area contributed by atoms with Crippen molar-refractivity contribution in [2.75, 3.05) is 6.61 Å². The first-order chi connectivity index (χ1) is 12.2. The van der Waals surface area contributed by atoms with Crippen LogP contribution in [0, 0.1) is 11.3 Å². The summed E-state index contributed by atoms with van der Waals surface area (Å²) >= 11 is 1.52. The first kappa shape index (κ1) is 16.6. The van der Waals surface area contributed by atoms with Crippen LogP contribution >= 0.6 is 11.3 Å². The lowest BCUT2D eigenvalue weighted by molar-refractivity contribution is -0.123. The highest BCUT2D eigenvalue weighted by Crippen LogP contribution is 2.34. The Bertz CT molecular complexity index is 920. The normalized spacial score (nSPS) is 10.1. The van der Waals surface area contributed by atoms with Gasteiger partial charge in [-0.05, 0) is 35.2 Å². The van der Waals surface area contributed by atoms with E-state index in [9.17, 15) is 10.1 Å². The number of hydrazine groups is 1. The maximum atomic E-state index is 11.4. The fourth-order valence-electron chi connectivity index (χ4n) is 2.22. The highest BCUT2D eigenvalue weighted by atomic mass is 32.1. The predicted molar refractivity (Wildman–Crippen MR) is 93.3 cm³/mol. The molecule has 3 aromatic rings. The molecule has 0 unspecified atom stereocenters. The topological polar surface area (TPSA) is 114 Å². The quantitative estimate of drug-likeness (QED) is 0.413. The van der Waals surface area contributed by atoms with Crippen molar-refractivity contribution < 1.29 is 9.53 Å². The minimum Gasteiger partial charge on any atom is -0.467 e. The number of aromatic nitrogens is 2. The molecule has 3 heterocycles. The molecule has 0 saturated heterocycles. The molecule has 3 N–H and O–H groups in total. The number of pyridine rings is 2. The van der Waals surface area contributed by atoms with Crippen LogP contribution < -0.4 is 16.0 Å². The van der Waals surface area contributed by atoms with Crippen molar-refractivity contribution >= 4 is 17.2 Å². The Balaban J connectivity index is 2.14. The number of thiophene rings is 1. The van der Waals surface area contributed by atoms with Gasteiger partial charge in [0.05, 0.1) is 10.6 Å². The number of amides is 1. The van der Waals surface area contributed by atoms with Gasteiger partial charge < -0.3 is 4.74 Å². The van der Waals surface area contributed by atoms with E-state index in [0.29, 0.717) is 11.3 Å². The standard InChI is InChI=1S/C17H13N5O2S/c18-9-13-12(11-3-5-20-6-4-11)8-14(15-2-1-7-25-15)21-17(13)24-10-16(23)22-19/h1-8H,10,19H2,(H,22,23). The SMILES string of the molecule is N#Cc1c(-c2ccncc2)cc(-c2cccs2)nc1OCC(=O)NN. The minimum atomic E-state index is -0.516. The van der Waals surface area contributed by atoms with Crippen molar-refractivity contribution in [3.8, 4) is 33.6 Å². The van der Waals surface area contributed by atoms with E-state index in [0.717, 1.165) is 10.4 Å². The summed E-state index contributed by atoms with van der Waals surface area (Å²) in [6, 6.07) is 11.4. The molecule has 0 saturated carbocycles. The molecule has 0 spiro atoms. The smallest absolute Gasteiger partial charge is 0.271 e. The molecule has 0 aliphatic carbocycles. The van der Waals surface area contributed by atoms with Crippen LogP contribution in [0.2, 0.25) is 0 Å². The average Bonchev–Trinajstić information content (AvgIpc) is 3.20. The first-order valence-electron chi connectivity index (χ1n) is 7.24. The molecule has 0 aliphatic heterocycles. The van der Waals surface area contributed by atoms with E-state index >= 15 is 0 Å². The number of nitrogens with two attached hydrogens (primary N) is 1. The van der Waals surface area contributed by atoms with Crippen LogP contribution in [0.1, 0.15) is 5.56 Å². The van der Waals surface area contributed by atoms with Crippen LogP contribution in [0.25, 0.3) is 21.7 Å². The molecule has 0 atom stereocenters. The third kappa shape index (κ3) is 3.63. The van der Waals surface area contributed by atoms with Crippen molar-refractivity contribution in [3.63, 3.8) is 0 Å². The van der Waals surface area contributed by atoms with Gasteiger partial charge in [-0.1, -0.05) is 6.07 Å². The number of hydrogen-bond donors (Lipinski definition) is 2. The molecule has 1 amide bonds. The molecule has 0 radical (unpaired) electrons. The largest absolute Gasteiger partial charge is 0.467 e. The zero-order chi connectivity index (χ0) is 17.6. The van der Waals surface area contributed by atoms with E-state index in [1.165, 1.54) is 11.3 Å². The van der Waals surface area contributed by atoms with Gasteiger partial charge in [0.25, 0.3) is 5.91 Å². The summed E-state index contributed by atoms with van der Waals surface area (Å²) in [7, 11) is 0. The van der Waals surface area contributed by atoms with Crippen molar-refractivity contribution in [2.45, 2.75) is 0 Å². The zero-order valence-electron chi connectivity index (χ0n) is 13.0. The molecule has 3 rings (SSSR count). The van der Waals surface area contributed by atoms with Gasteiger partial charge in [-0.2, -0.15) is 5.26 Å². The van der Waals surface area contributed by atoms with E-state index in [1.807, 2.05) is 29.0 Å². The van der Waals surface area contributed by atoms with Gasteiger partial charge in [0.1, 0.15) is 11.6 Å². The number of hydrogen-bond acceptors (Lipinski definition) is 7. The molecular weight excluding hydrogens is 338 g/mol. The third-order valence-electron chi connectivity index (χ3n) is 3.36. The lowest BCUT2D eigenvalue weighted by Gasteiger charge is -2.12. The highest BCUT2D eigenvalue weighted by molar-refractivity contribution is 7.13. The molecule has 0 fully saturated rings. The number of nitrogens with zero attached hydrogens (tertiary/aromatic N) is 3. The maximum Gasteiger partial charge on any atom is 0.271 e. The Hall–Kier alpha value is -3.28. The molecule has 8 heteroatoms. The summed E-state index contributed by atoms with van der Waals surface area (Å²) in [4.78, 5) is 20.7. The Labute approximate surface area is 147 Å². The van der Waals surface area contributed by atoms with Crippen LogP contribution in [0.3, 0.4) is 0 Å². The van der Waals surface area contributed by atoms with Crippen LogP contribution in [-0.4, -0.2) is 22.5 Å². The molecule has 0 aromatic carbocycles. The first-order valence-corrected chi connectivity index (χ1v) is 8.12. The van der Waals surface area contributed by atoms with Crippen LogP contribution in [-0.2, 0) is 4.79 Å². The lowest BCUT2D eigenvalue weighted by Crippen LogP contribution is -2.34. The van der Waals surface area contributed by atoms with Crippen molar-refractivity contribution in [2.24, 2.45) is 5.84 Å². The van der Waals surface area contributed by atoms with Gasteiger partial charge in [-0.3, -0.25) is 15.2 Å². The van der Waals surface area contributed by atoms with E-state index in [2.05, 4.69) is 16.0 Å². The molecule has 7 nitrogen and oxygen atoms in total. The number of ether oxygens (including phenoxy) is 1. The van der Waals surface area contributed by atoms with E-state index in [1.54, 1.807) is 24.5 Å². The van der Waals surface area contributed by atoms with Crippen molar-refractivity contribution in [1.82, 2.24) is 15.4 Å². The summed E-state index contributed by atoms with van der Waals surface area (Å²) < 4.78 is 5.44. The molecule has 25 heavy (non-hydrogen) atoms. The second kappa shape index (κ2) is 7.53. The Morgan fingerprint density at radius 2 is 2.16 bits per heavy atom. The number of rotatable bonds is 5. The summed E-state index contributed by atoms with van der Waals surface area (Å²) in [6.45, 7) is -0.331. The average molecular weight is 351 g/mol. The molecule has 0 aliphatic rings. The summed E-state index contributed by atoms with van der Waals surface area (Å²) in [5.74, 6) is 4.64. The van der Waals surface area contributed by atoms with E-state index < -0.39 is 5.91 Å². The summed E-state index contributed by atoms with van der Waals surface area (Å²) in [5, 5.41) is 11.5. The second-order valence-electron chi connectivity index (χ2n) is 4.92. The van der Waals surface area contributed by atoms with Gasteiger partial charge in [-0.25, -0.2) is 10.8 Å². The van der Waals surface area contributed by atoms with Gasteiger partial charge >= 0.3 is 0 Å². The highest BCUT2D eigenvalue weighted by Gasteiger charge is 2.17. The van der Waals surface area contributed by atoms with E-state index in [-0.39, 0.29) is 18.1 Å². The summed E-state index contributed by atoms with van der Waals surface area (Å²) in [6.07, 6.45) is 3.29. The Morgan fingerprint density at radius 1 is 1.36 bits per heavy atom. The van der Waals surface area contributed by atoms with Gasteiger partial charge in [0, 0.05) is 18.0 Å².